The Morgan fingerprint density at radius 3 is 2.68 bits per heavy atom. The SMILES string of the molecule is CCC[C@@H](C(=O)O)N1C(=O)/C(=C/c2cccc(OC)c2OC)SC1=S. The third-order valence-electron chi connectivity index (χ3n) is 3.70. The Kier molecular flexibility index (Phi) is 6.44. The number of thioether (sulfide) groups is 1. The van der Waals surface area contributed by atoms with Crippen molar-refractivity contribution in [2.45, 2.75) is 25.8 Å². The zero-order valence-electron chi connectivity index (χ0n) is 14.1. The van der Waals surface area contributed by atoms with Crippen molar-refractivity contribution in [2.24, 2.45) is 0 Å². The van der Waals surface area contributed by atoms with Crippen molar-refractivity contribution in [1.29, 1.82) is 0 Å². The van der Waals surface area contributed by atoms with Crippen molar-refractivity contribution >= 4 is 46.3 Å². The lowest BCUT2D eigenvalue weighted by Gasteiger charge is -2.22. The number of hydrogen-bond acceptors (Lipinski definition) is 6. The van der Waals surface area contributed by atoms with E-state index in [4.69, 9.17) is 21.7 Å². The van der Waals surface area contributed by atoms with Crippen LogP contribution in [0.4, 0.5) is 0 Å². The summed E-state index contributed by atoms with van der Waals surface area (Å²) >= 11 is 6.33. The molecule has 0 saturated carbocycles. The summed E-state index contributed by atoms with van der Waals surface area (Å²) in [6.45, 7) is 1.87. The highest BCUT2D eigenvalue weighted by molar-refractivity contribution is 8.26. The Hall–Kier alpha value is -2.06. The number of aliphatic carboxylic acids is 1. The number of carbonyl (C=O) groups is 2. The molecule has 25 heavy (non-hydrogen) atoms. The molecule has 1 fully saturated rings. The van der Waals surface area contributed by atoms with Crippen LogP contribution in [-0.4, -0.2) is 46.5 Å². The van der Waals surface area contributed by atoms with E-state index in [1.165, 1.54) is 19.1 Å². The first-order valence-corrected chi connectivity index (χ1v) is 8.87. The van der Waals surface area contributed by atoms with Crippen LogP contribution in [0.25, 0.3) is 6.08 Å². The molecule has 1 saturated heterocycles. The fourth-order valence-corrected chi connectivity index (χ4v) is 3.90. The van der Waals surface area contributed by atoms with E-state index in [0.29, 0.717) is 34.8 Å². The Bertz CT molecular complexity index is 732. The van der Waals surface area contributed by atoms with Gasteiger partial charge in [-0.3, -0.25) is 9.69 Å². The summed E-state index contributed by atoms with van der Waals surface area (Å²) in [6.07, 6.45) is 2.62. The average molecular weight is 381 g/mol. The van der Waals surface area contributed by atoms with Gasteiger partial charge in [0.25, 0.3) is 5.91 Å². The fourth-order valence-electron chi connectivity index (χ4n) is 2.55. The smallest absolute Gasteiger partial charge is 0.326 e. The van der Waals surface area contributed by atoms with E-state index in [1.54, 1.807) is 24.3 Å². The molecule has 0 unspecified atom stereocenters. The molecule has 2 rings (SSSR count). The molecule has 134 valence electrons. The highest BCUT2D eigenvalue weighted by atomic mass is 32.2. The summed E-state index contributed by atoms with van der Waals surface area (Å²) in [7, 11) is 3.05. The molecular formula is C17H19NO5S2. The minimum absolute atomic E-state index is 0.249. The maximum Gasteiger partial charge on any atom is 0.326 e. The second-order valence-corrected chi connectivity index (χ2v) is 6.95. The van der Waals surface area contributed by atoms with Crippen molar-refractivity contribution in [3.05, 3.63) is 28.7 Å². The third kappa shape index (κ3) is 3.96. The molecule has 1 aromatic rings. The summed E-state index contributed by atoms with van der Waals surface area (Å²) in [4.78, 5) is 25.8. The minimum Gasteiger partial charge on any atom is -0.493 e. The van der Waals surface area contributed by atoms with Gasteiger partial charge in [-0.05, 0) is 18.6 Å². The summed E-state index contributed by atoms with van der Waals surface area (Å²) in [5.74, 6) is -0.418. The number of carbonyl (C=O) groups excluding carboxylic acids is 1. The van der Waals surface area contributed by atoms with Crippen LogP contribution in [0.1, 0.15) is 25.3 Å². The molecule has 8 heteroatoms. The number of ether oxygens (including phenoxy) is 2. The molecule has 1 aromatic carbocycles. The van der Waals surface area contributed by atoms with Crippen LogP contribution in [0.15, 0.2) is 23.1 Å². The number of nitrogens with zero attached hydrogens (tertiary/aromatic N) is 1. The van der Waals surface area contributed by atoms with Gasteiger partial charge in [0.1, 0.15) is 10.4 Å². The van der Waals surface area contributed by atoms with Crippen LogP contribution in [0, 0.1) is 0 Å². The molecule has 0 spiro atoms. The lowest BCUT2D eigenvalue weighted by Crippen LogP contribution is -2.43. The van der Waals surface area contributed by atoms with Crippen molar-refractivity contribution in [3.8, 4) is 11.5 Å². The average Bonchev–Trinajstić information content (AvgIpc) is 2.86. The minimum atomic E-state index is -1.06. The second kappa shape index (κ2) is 8.35. The normalized spacial score (nSPS) is 17.1. The van der Waals surface area contributed by atoms with E-state index in [2.05, 4.69) is 0 Å². The summed E-state index contributed by atoms with van der Waals surface area (Å²) < 4.78 is 10.9. The first-order valence-electron chi connectivity index (χ1n) is 7.65. The number of carboxylic acids is 1. The molecule has 1 aliphatic heterocycles. The largest absolute Gasteiger partial charge is 0.493 e. The van der Waals surface area contributed by atoms with E-state index in [0.717, 1.165) is 11.8 Å². The zero-order valence-corrected chi connectivity index (χ0v) is 15.8. The third-order valence-corrected chi connectivity index (χ3v) is 5.03. The van der Waals surface area contributed by atoms with Crippen molar-refractivity contribution in [1.82, 2.24) is 4.90 Å². The molecule has 1 amide bonds. The highest BCUT2D eigenvalue weighted by Gasteiger charge is 2.40. The monoisotopic (exact) mass is 381 g/mol. The van der Waals surface area contributed by atoms with E-state index < -0.39 is 17.9 Å². The summed E-state index contributed by atoms with van der Waals surface area (Å²) in [5, 5.41) is 9.41. The number of rotatable bonds is 7. The Labute approximate surface area is 155 Å². The van der Waals surface area contributed by atoms with Gasteiger partial charge in [-0.2, -0.15) is 0 Å². The molecule has 0 aromatic heterocycles. The molecule has 1 aliphatic rings. The number of thiocarbonyl (C=S) groups is 1. The predicted octanol–water partition coefficient (Wildman–Crippen LogP) is 3.16. The van der Waals surface area contributed by atoms with Gasteiger partial charge < -0.3 is 14.6 Å². The number of carboxylic acid groups (broad SMARTS) is 1. The number of amides is 1. The van der Waals surface area contributed by atoms with Gasteiger partial charge in [0.15, 0.2) is 11.5 Å². The second-order valence-electron chi connectivity index (χ2n) is 5.28. The highest BCUT2D eigenvalue weighted by Crippen LogP contribution is 2.38. The van der Waals surface area contributed by atoms with Gasteiger partial charge in [0, 0.05) is 5.56 Å². The van der Waals surface area contributed by atoms with Gasteiger partial charge in [-0.15, -0.1) is 0 Å². The molecule has 6 nitrogen and oxygen atoms in total. The lowest BCUT2D eigenvalue weighted by molar-refractivity contribution is -0.145. The Morgan fingerprint density at radius 2 is 2.12 bits per heavy atom. The van der Waals surface area contributed by atoms with E-state index in [-0.39, 0.29) is 4.32 Å². The quantitative estimate of drug-likeness (QED) is 0.574. The lowest BCUT2D eigenvalue weighted by atomic mass is 10.1. The number of hydrogen-bond donors (Lipinski definition) is 1. The van der Waals surface area contributed by atoms with Crippen molar-refractivity contribution in [2.75, 3.05) is 14.2 Å². The van der Waals surface area contributed by atoms with Crippen LogP contribution >= 0.6 is 24.0 Å². The maximum absolute atomic E-state index is 12.7. The predicted molar refractivity (Wildman–Crippen MR) is 101 cm³/mol. The van der Waals surface area contributed by atoms with Crippen LogP contribution in [0.2, 0.25) is 0 Å². The van der Waals surface area contributed by atoms with Crippen LogP contribution in [-0.2, 0) is 9.59 Å². The molecule has 0 aliphatic carbocycles. The Balaban J connectivity index is 2.39. The van der Waals surface area contributed by atoms with Crippen LogP contribution in [0.5, 0.6) is 11.5 Å². The standard InChI is InChI=1S/C17H19NO5S2/c1-4-6-11(16(20)21)18-15(19)13(25-17(18)24)9-10-7-5-8-12(22-2)14(10)23-3/h5,7-9,11H,4,6H2,1-3H3,(H,20,21)/b13-9-/t11-/m0/s1. The molecule has 1 N–H and O–H groups in total. The molecular weight excluding hydrogens is 362 g/mol. The van der Waals surface area contributed by atoms with Gasteiger partial charge in [0.05, 0.1) is 19.1 Å². The first-order chi connectivity index (χ1) is 11.9. The molecule has 1 heterocycles. The van der Waals surface area contributed by atoms with Crippen LogP contribution in [0.3, 0.4) is 0 Å². The zero-order chi connectivity index (χ0) is 18.6. The molecule has 1 atom stereocenters. The van der Waals surface area contributed by atoms with Gasteiger partial charge in [-0.1, -0.05) is 49.5 Å². The van der Waals surface area contributed by atoms with Gasteiger partial charge in [0.2, 0.25) is 0 Å². The van der Waals surface area contributed by atoms with E-state index in [1.807, 2.05) is 6.92 Å². The van der Waals surface area contributed by atoms with E-state index >= 15 is 0 Å². The number of benzene rings is 1. The maximum atomic E-state index is 12.7. The summed E-state index contributed by atoms with van der Waals surface area (Å²) in [5.41, 5.74) is 0.657. The number of para-hydroxylation sites is 1. The molecule has 0 bridgehead atoms. The van der Waals surface area contributed by atoms with E-state index in [9.17, 15) is 14.7 Å². The number of methoxy groups -OCH3 is 2. The first kappa shape index (κ1) is 19.3. The van der Waals surface area contributed by atoms with Gasteiger partial charge in [-0.25, -0.2) is 4.79 Å². The summed E-state index contributed by atoms with van der Waals surface area (Å²) in [6, 6.07) is 4.37. The topological polar surface area (TPSA) is 76.1 Å². The van der Waals surface area contributed by atoms with Crippen molar-refractivity contribution < 1.29 is 24.2 Å². The van der Waals surface area contributed by atoms with Crippen molar-refractivity contribution in [3.63, 3.8) is 0 Å². The van der Waals surface area contributed by atoms with Crippen LogP contribution < -0.4 is 9.47 Å². The Morgan fingerprint density at radius 1 is 1.40 bits per heavy atom. The molecule has 0 radical (unpaired) electrons. The fraction of sp³-hybridized carbons (Fsp3) is 0.353. The van der Waals surface area contributed by atoms with Gasteiger partial charge >= 0.3 is 5.97 Å².